The fourth-order valence-electron chi connectivity index (χ4n) is 3.97. The topological polar surface area (TPSA) is 119 Å². The molecule has 1 N–H and O–H groups in total. The minimum absolute atomic E-state index is 0.251. The molecule has 0 saturated heterocycles. The van der Waals surface area contributed by atoms with E-state index in [1.807, 2.05) is 11.8 Å². The Morgan fingerprint density at radius 1 is 1.17 bits per heavy atom. The summed E-state index contributed by atoms with van der Waals surface area (Å²) >= 11 is 1.84. The van der Waals surface area contributed by atoms with E-state index in [-0.39, 0.29) is 16.3 Å². The number of nitro benzene ring substituents is 1. The second-order valence-electron chi connectivity index (χ2n) is 8.40. The van der Waals surface area contributed by atoms with E-state index in [1.54, 1.807) is 12.1 Å². The highest BCUT2D eigenvalue weighted by molar-refractivity contribution is 7.99. The summed E-state index contributed by atoms with van der Waals surface area (Å²) in [5.74, 6) is 0.840. The zero-order chi connectivity index (χ0) is 25.4. The monoisotopic (exact) mass is 521 g/mol. The molecule has 0 atom stereocenters. The van der Waals surface area contributed by atoms with E-state index in [4.69, 9.17) is 4.74 Å². The molecule has 0 bridgehead atoms. The lowest BCUT2D eigenvalue weighted by Crippen LogP contribution is -2.41. The summed E-state index contributed by atoms with van der Waals surface area (Å²) in [7, 11) is -2.77. The van der Waals surface area contributed by atoms with Gasteiger partial charge in [0.15, 0.2) is 0 Å². The quantitative estimate of drug-likeness (QED) is 0.266. The Kier molecular flexibility index (Phi) is 9.39. The van der Waals surface area contributed by atoms with Crippen LogP contribution in [0.4, 0.5) is 11.4 Å². The van der Waals surface area contributed by atoms with Crippen LogP contribution in [0, 0.1) is 17.0 Å². The van der Waals surface area contributed by atoms with E-state index in [0.717, 1.165) is 16.1 Å². The SMILES string of the molecule is COc1ccc(N(CC(=O)NCCSC2CCCCC2)S(=O)(=O)c2ccc(C)c([N+](=O)[O-])c2)cc1. The Balaban J connectivity index is 1.77. The zero-order valence-electron chi connectivity index (χ0n) is 19.9. The molecule has 0 spiro atoms. The zero-order valence-corrected chi connectivity index (χ0v) is 21.6. The van der Waals surface area contributed by atoms with E-state index < -0.39 is 27.4 Å². The minimum atomic E-state index is -4.27. The van der Waals surface area contributed by atoms with Crippen molar-refractivity contribution in [2.45, 2.75) is 49.2 Å². The summed E-state index contributed by atoms with van der Waals surface area (Å²) in [6, 6.07) is 9.98. The van der Waals surface area contributed by atoms with E-state index in [1.165, 1.54) is 70.4 Å². The van der Waals surface area contributed by atoms with Crippen LogP contribution in [0.25, 0.3) is 0 Å². The summed E-state index contributed by atoms with van der Waals surface area (Å²) in [6.45, 7) is 1.52. The predicted molar refractivity (Wildman–Crippen MR) is 138 cm³/mol. The molecule has 0 heterocycles. The average molecular weight is 522 g/mol. The molecule has 1 aliphatic carbocycles. The van der Waals surface area contributed by atoms with Crippen LogP contribution in [0.15, 0.2) is 47.4 Å². The van der Waals surface area contributed by atoms with Gasteiger partial charge < -0.3 is 10.1 Å². The first kappa shape index (κ1) is 26.8. The standard InChI is InChI=1S/C24H31N3O6S2/c1-18-8-13-22(16-23(18)27(29)30)35(31,32)26(19-9-11-20(33-2)12-10-19)17-24(28)25-14-15-34-21-6-4-3-5-7-21/h8-13,16,21H,3-7,14-15,17H2,1-2H3,(H,25,28). The molecule has 1 fully saturated rings. The minimum Gasteiger partial charge on any atom is -0.497 e. The predicted octanol–water partition coefficient (Wildman–Crippen LogP) is 4.29. The van der Waals surface area contributed by atoms with Gasteiger partial charge in [-0.05, 0) is 50.1 Å². The molecule has 9 nitrogen and oxygen atoms in total. The van der Waals surface area contributed by atoms with Crippen molar-refractivity contribution in [1.82, 2.24) is 5.32 Å². The summed E-state index contributed by atoms with van der Waals surface area (Å²) in [5.41, 5.74) is 0.295. The van der Waals surface area contributed by atoms with E-state index in [0.29, 0.717) is 23.1 Å². The fourth-order valence-corrected chi connectivity index (χ4v) is 6.63. The molecule has 1 aliphatic rings. The first-order valence-electron chi connectivity index (χ1n) is 11.5. The van der Waals surface area contributed by atoms with Crippen molar-refractivity contribution in [2.75, 3.05) is 30.3 Å². The number of nitrogens with zero attached hydrogens (tertiary/aromatic N) is 2. The number of amides is 1. The number of carbonyl (C=O) groups excluding carboxylic acids is 1. The number of methoxy groups -OCH3 is 1. The van der Waals surface area contributed by atoms with Crippen molar-refractivity contribution in [1.29, 1.82) is 0 Å². The van der Waals surface area contributed by atoms with Gasteiger partial charge in [0.25, 0.3) is 15.7 Å². The Morgan fingerprint density at radius 2 is 1.86 bits per heavy atom. The lowest BCUT2D eigenvalue weighted by atomic mass is 10.0. The van der Waals surface area contributed by atoms with Crippen molar-refractivity contribution in [2.24, 2.45) is 0 Å². The van der Waals surface area contributed by atoms with Crippen LogP contribution in [0.1, 0.15) is 37.7 Å². The van der Waals surface area contributed by atoms with Crippen molar-refractivity contribution in [3.8, 4) is 5.75 Å². The number of rotatable bonds is 11. The molecular weight excluding hydrogens is 490 g/mol. The maximum atomic E-state index is 13.5. The van der Waals surface area contributed by atoms with Gasteiger partial charge in [-0.2, -0.15) is 11.8 Å². The Labute approximate surface area is 210 Å². The number of sulfonamides is 1. The number of ether oxygens (including phenoxy) is 1. The summed E-state index contributed by atoms with van der Waals surface area (Å²) < 4.78 is 33.2. The molecular formula is C24H31N3O6S2. The Hall–Kier alpha value is -2.79. The number of hydrogen-bond acceptors (Lipinski definition) is 7. The van der Waals surface area contributed by atoms with E-state index in [9.17, 15) is 23.3 Å². The lowest BCUT2D eigenvalue weighted by molar-refractivity contribution is -0.385. The molecule has 3 rings (SSSR count). The first-order valence-corrected chi connectivity index (χ1v) is 14.0. The lowest BCUT2D eigenvalue weighted by Gasteiger charge is -2.24. The summed E-state index contributed by atoms with van der Waals surface area (Å²) in [4.78, 5) is 23.2. The highest BCUT2D eigenvalue weighted by atomic mass is 32.2. The van der Waals surface area contributed by atoms with Crippen molar-refractivity contribution in [3.05, 3.63) is 58.1 Å². The number of nitro groups is 1. The Bertz CT molecular complexity index is 1130. The second-order valence-corrected chi connectivity index (χ2v) is 11.7. The molecule has 1 amide bonds. The van der Waals surface area contributed by atoms with E-state index in [2.05, 4.69) is 5.32 Å². The first-order chi connectivity index (χ1) is 16.7. The largest absolute Gasteiger partial charge is 0.497 e. The van der Waals surface area contributed by atoms with Gasteiger partial charge in [-0.25, -0.2) is 8.42 Å². The van der Waals surface area contributed by atoms with Gasteiger partial charge in [0.2, 0.25) is 5.91 Å². The maximum absolute atomic E-state index is 13.5. The number of carbonyl (C=O) groups is 1. The molecule has 0 unspecified atom stereocenters. The molecule has 2 aromatic carbocycles. The van der Waals surface area contributed by atoms with Gasteiger partial charge in [-0.15, -0.1) is 0 Å². The number of anilines is 1. The van der Waals surface area contributed by atoms with Crippen LogP contribution in [0.2, 0.25) is 0 Å². The fraction of sp³-hybridized carbons (Fsp3) is 0.458. The molecule has 2 aromatic rings. The summed E-state index contributed by atoms with van der Waals surface area (Å²) in [5, 5.41) is 14.8. The third kappa shape index (κ3) is 7.11. The molecule has 0 aliphatic heterocycles. The molecule has 1 saturated carbocycles. The van der Waals surface area contributed by atoms with Crippen LogP contribution in [-0.4, -0.2) is 50.5 Å². The van der Waals surface area contributed by atoms with Gasteiger partial charge in [0.05, 0.1) is 22.6 Å². The van der Waals surface area contributed by atoms with Crippen LogP contribution in [0.5, 0.6) is 5.75 Å². The van der Waals surface area contributed by atoms with Gasteiger partial charge in [0.1, 0.15) is 12.3 Å². The smallest absolute Gasteiger partial charge is 0.273 e. The number of benzene rings is 2. The maximum Gasteiger partial charge on any atom is 0.273 e. The van der Waals surface area contributed by atoms with Crippen molar-refractivity contribution >= 4 is 39.1 Å². The second kappa shape index (κ2) is 12.3. The number of aryl methyl sites for hydroxylation is 1. The Morgan fingerprint density at radius 3 is 2.49 bits per heavy atom. The average Bonchev–Trinajstić information content (AvgIpc) is 2.86. The molecule has 190 valence electrons. The van der Waals surface area contributed by atoms with Crippen molar-refractivity contribution in [3.63, 3.8) is 0 Å². The number of hydrogen-bond donors (Lipinski definition) is 1. The van der Waals surface area contributed by atoms with Gasteiger partial charge >= 0.3 is 0 Å². The third-order valence-electron chi connectivity index (χ3n) is 5.94. The summed E-state index contributed by atoms with van der Waals surface area (Å²) in [6.07, 6.45) is 6.18. The van der Waals surface area contributed by atoms with Crippen LogP contribution < -0.4 is 14.4 Å². The van der Waals surface area contributed by atoms with Crippen LogP contribution in [-0.2, 0) is 14.8 Å². The highest BCUT2D eigenvalue weighted by Crippen LogP contribution is 2.29. The molecule has 0 radical (unpaired) electrons. The van der Waals surface area contributed by atoms with E-state index >= 15 is 0 Å². The van der Waals surface area contributed by atoms with Gasteiger partial charge in [-0.1, -0.05) is 25.3 Å². The molecule has 11 heteroatoms. The molecule has 0 aromatic heterocycles. The van der Waals surface area contributed by atoms with Crippen molar-refractivity contribution < 1.29 is 22.9 Å². The number of nitrogens with one attached hydrogen (secondary N) is 1. The van der Waals surface area contributed by atoms with Crippen LogP contribution in [0.3, 0.4) is 0 Å². The van der Waals surface area contributed by atoms with Gasteiger partial charge in [0, 0.05) is 29.2 Å². The third-order valence-corrected chi connectivity index (χ3v) is 9.10. The van der Waals surface area contributed by atoms with Gasteiger partial charge in [-0.3, -0.25) is 19.2 Å². The molecule has 35 heavy (non-hydrogen) atoms. The number of thioether (sulfide) groups is 1. The highest BCUT2D eigenvalue weighted by Gasteiger charge is 2.29. The normalized spacial score (nSPS) is 14.3. The van der Waals surface area contributed by atoms with Crippen LogP contribution >= 0.6 is 11.8 Å².